The average Bonchev–Trinajstić information content (AvgIpc) is 2.17. The third-order valence-electron chi connectivity index (χ3n) is 4.53. The summed E-state index contributed by atoms with van der Waals surface area (Å²) in [4.78, 5) is 2.67. The largest absolute Gasteiger partial charge is 0.381 e. The molecule has 0 spiro atoms. The van der Waals surface area contributed by atoms with Gasteiger partial charge in [0.2, 0.25) is 0 Å². The van der Waals surface area contributed by atoms with Crippen LogP contribution in [-0.2, 0) is 9.47 Å². The van der Waals surface area contributed by atoms with E-state index in [1.807, 2.05) is 14.2 Å². The van der Waals surface area contributed by atoms with Gasteiger partial charge in [-0.3, -0.25) is 4.90 Å². The Kier molecular flexibility index (Phi) is 4.45. The van der Waals surface area contributed by atoms with Gasteiger partial charge >= 0.3 is 0 Å². The van der Waals surface area contributed by atoms with Crippen LogP contribution in [0.2, 0.25) is 0 Å². The molecule has 3 nitrogen and oxygen atoms in total. The minimum atomic E-state index is 0.509. The third-order valence-corrected chi connectivity index (χ3v) is 4.53. The molecule has 0 atom stereocenters. The van der Waals surface area contributed by atoms with Crippen LogP contribution >= 0.6 is 0 Å². The van der Waals surface area contributed by atoms with E-state index in [1.165, 1.54) is 32.2 Å². The maximum absolute atomic E-state index is 5.38. The second-order valence-corrected chi connectivity index (χ2v) is 5.97. The Morgan fingerprint density at radius 1 is 1.00 bits per heavy atom. The molecule has 0 aromatic heterocycles. The second kappa shape index (κ2) is 5.68. The summed E-state index contributed by atoms with van der Waals surface area (Å²) in [7, 11) is 3.66. The van der Waals surface area contributed by atoms with Gasteiger partial charge < -0.3 is 9.47 Å². The van der Waals surface area contributed by atoms with E-state index in [0.29, 0.717) is 18.2 Å². The number of ether oxygens (including phenoxy) is 2. The van der Waals surface area contributed by atoms with Crippen molar-refractivity contribution in [1.82, 2.24) is 4.90 Å². The van der Waals surface area contributed by atoms with Crippen LogP contribution in [0.1, 0.15) is 39.5 Å². The second-order valence-electron chi connectivity index (χ2n) is 5.97. The molecule has 0 bridgehead atoms. The lowest BCUT2D eigenvalue weighted by Gasteiger charge is -2.47. The Morgan fingerprint density at radius 2 is 1.53 bits per heavy atom. The molecule has 0 N–H and O–H groups in total. The maximum Gasteiger partial charge on any atom is 0.0601 e. The predicted octanol–water partition coefficient (Wildman–Crippen LogP) is 2.30. The molecule has 0 aromatic carbocycles. The molecule has 2 saturated carbocycles. The van der Waals surface area contributed by atoms with Gasteiger partial charge in [-0.25, -0.2) is 0 Å². The van der Waals surface area contributed by atoms with Gasteiger partial charge in [-0.15, -0.1) is 0 Å². The molecule has 2 fully saturated rings. The predicted molar refractivity (Wildman–Crippen MR) is 69.2 cm³/mol. The molecule has 0 saturated heterocycles. The molecule has 17 heavy (non-hydrogen) atoms. The van der Waals surface area contributed by atoms with Gasteiger partial charge in [0, 0.05) is 32.8 Å². The van der Waals surface area contributed by atoms with E-state index in [-0.39, 0.29) is 0 Å². The van der Waals surface area contributed by atoms with E-state index in [2.05, 4.69) is 18.7 Å². The highest BCUT2D eigenvalue weighted by atomic mass is 16.5. The molecule has 2 aliphatic rings. The smallest absolute Gasteiger partial charge is 0.0601 e. The lowest BCUT2D eigenvalue weighted by atomic mass is 9.80. The molecule has 0 unspecified atom stereocenters. The van der Waals surface area contributed by atoms with E-state index < -0.39 is 0 Å². The quantitative estimate of drug-likeness (QED) is 0.712. The summed E-state index contributed by atoms with van der Waals surface area (Å²) in [6.45, 7) is 5.87. The van der Waals surface area contributed by atoms with Gasteiger partial charge in [-0.1, -0.05) is 0 Å². The van der Waals surface area contributed by atoms with Crippen LogP contribution in [-0.4, -0.2) is 50.0 Å². The van der Waals surface area contributed by atoms with Crippen LogP contribution in [0.25, 0.3) is 0 Å². The molecule has 100 valence electrons. The lowest BCUT2D eigenvalue weighted by molar-refractivity contribution is -0.0624. The summed E-state index contributed by atoms with van der Waals surface area (Å²) >= 11 is 0. The summed E-state index contributed by atoms with van der Waals surface area (Å²) in [5.41, 5.74) is 0. The highest BCUT2D eigenvalue weighted by Crippen LogP contribution is 2.35. The summed E-state index contributed by atoms with van der Waals surface area (Å²) < 4.78 is 10.7. The van der Waals surface area contributed by atoms with E-state index in [1.54, 1.807) is 0 Å². The molecule has 0 amide bonds. The molecular formula is C14H27NO2. The molecule has 3 heteroatoms. The normalized spacial score (nSPS) is 37.1. The van der Waals surface area contributed by atoms with Crippen molar-refractivity contribution in [1.29, 1.82) is 0 Å². The summed E-state index contributed by atoms with van der Waals surface area (Å²) in [6, 6.07) is 1.40. The average molecular weight is 241 g/mol. The van der Waals surface area contributed by atoms with Gasteiger partial charge in [0.1, 0.15) is 0 Å². The van der Waals surface area contributed by atoms with Crippen LogP contribution in [0.4, 0.5) is 0 Å². The lowest BCUT2D eigenvalue weighted by Crippen LogP contribution is -2.53. The monoisotopic (exact) mass is 241 g/mol. The van der Waals surface area contributed by atoms with E-state index in [0.717, 1.165) is 12.0 Å². The molecule has 0 aromatic rings. The van der Waals surface area contributed by atoms with Gasteiger partial charge in [-0.2, -0.15) is 0 Å². The molecular weight excluding hydrogens is 214 g/mol. The Labute approximate surface area is 105 Å². The third kappa shape index (κ3) is 3.01. The van der Waals surface area contributed by atoms with Crippen LogP contribution in [0.5, 0.6) is 0 Å². The zero-order valence-corrected chi connectivity index (χ0v) is 11.7. The Morgan fingerprint density at radius 3 is 2.00 bits per heavy atom. The minimum Gasteiger partial charge on any atom is -0.381 e. The van der Waals surface area contributed by atoms with Gasteiger partial charge in [0.25, 0.3) is 0 Å². The number of hydrogen-bond donors (Lipinski definition) is 0. The Bertz CT molecular complexity index is 232. The van der Waals surface area contributed by atoms with Crippen molar-refractivity contribution in [2.75, 3.05) is 20.8 Å². The van der Waals surface area contributed by atoms with Crippen LogP contribution in [0.3, 0.4) is 0 Å². The molecule has 0 radical (unpaired) electrons. The highest BCUT2D eigenvalue weighted by Gasteiger charge is 2.38. The number of hydrogen-bond acceptors (Lipinski definition) is 3. The van der Waals surface area contributed by atoms with Crippen molar-refractivity contribution in [3.63, 3.8) is 0 Å². The summed E-state index contributed by atoms with van der Waals surface area (Å²) in [5, 5.41) is 0. The van der Waals surface area contributed by atoms with Crippen molar-refractivity contribution < 1.29 is 9.47 Å². The van der Waals surface area contributed by atoms with Crippen molar-refractivity contribution in [2.45, 2.75) is 63.8 Å². The zero-order chi connectivity index (χ0) is 12.4. The van der Waals surface area contributed by atoms with Crippen LogP contribution < -0.4 is 0 Å². The topological polar surface area (TPSA) is 21.7 Å². The van der Waals surface area contributed by atoms with E-state index in [4.69, 9.17) is 9.47 Å². The molecule has 0 heterocycles. The molecule has 2 aliphatic carbocycles. The number of rotatable bonds is 6. The van der Waals surface area contributed by atoms with E-state index in [9.17, 15) is 0 Å². The Hall–Kier alpha value is -0.120. The van der Waals surface area contributed by atoms with Crippen molar-refractivity contribution in [3.8, 4) is 0 Å². The van der Waals surface area contributed by atoms with Gasteiger partial charge in [0.15, 0.2) is 0 Å². The van der Waals surface area contributed by atoms with Crippen LogP contribution in [0.15, 0.2) is 0 Å². The van der Waals surface area contributed by atoms with Crippen molar-refractivity contribution in [3.05, 3.63) is 0 Å². The molecule has 0 aliphatic heterocycles. The maximum atomic E-state index is 5.38. The first-order chi connectivity index (χ1) is 8.13. The molecule has 2 rings (SSSR count). The summed E-state index contributed by atoms with van der Waals surface area (Å²) in [5.74, 6) is 0.851. The summed E-state index contributed by atoms with van der Waals surface area (Å²) in [6.07, 6.45) is 5.97. The Balaban J connectivity index is 1.75. The highest BCUT2D eigenvalue weighted by molar-refractivity contribution is 4.92. The van der Waals surface area contributed by atoms with Gasteiger partial charge in [0.05, 0.1) is 12.2 Å². The first-order valence-corrected chi connectivity index (χ1v) is 6.95. The minimum absolute atomic E-state index is 0.509. The fraction of sp³-hybridized carbons (Fsp3) is 1.00. The number of nitrogens with zero attached hydrogens (tertiary/aromatic N) is 1. The number of methoxy groups -OCH3 is 2. The fourth-order valence-electron chi connectivity index (χ4n) is 3.10. The van der Waals surface area contributed by atoms with Crippen molar-refractivity contribution >= 4 is 0 Å². The standard InChI is InChI=1S/C14H27NO2/c1-10(2)15(12-7-14(8-12)17-4)9-11-5-13(6-11)16-3/h10-14H,5-9H2,1-4H3. The SMILES string of the molecule is COC1CC(CN(C(C)C)C2CC(OC)C2)C1. The zero-order valence-electron chi connectivity index (χ0n) is 11.7. The first-order valence-electron chi connectivity index (χ1n) is 6.95. The van der Waals surface area contributed by atoms with Gasteiger partial charge in [-0.05, 0) is 45.4 Å². The fourth-order valence-corrected chi connectivity index (χ4v) is 3.10. The van der Waals surface area contributed by atoms with Crippen molar-refractivity contribution in [2.24, 2.45) is 5.92 Å². The first kappa shape index (κ1) is 13.3. The van der Waals surface area contributed by atoms with E-state index >= 15 is 0 Å². The van der Waals surface area contributed by atoms with Crippen LogP contribution in [0, 0.1) is 5.92 Å².